The molecule has 8 heteroatoms. The quantitative estimate of drug-likeness (QED) is 0.396. The number of hydrogen-bond acceptors (Lipinski definition) is 5. The van der Waals surface area contributed by atoms with Gasteiger partial charge in [0.15, 0.2) is 5.82 Å². The predicted octanol–water partition coefficient (Wildman–Crippen LogP) is 5.14. The lowest BCUT2D eigenvalue weighted by Crippen LogP contribution is -2.01. The number of hydrogen-bond donors (Lipinski definition) is 1. The molecule has 6 rings (SSSR count). The van der Waals surface area contributed by atoms with Gasteiger partial charge >= 0.3 is 0 Å². The first-order valence-electron chi connectivity index (χ1n) is 11.2. The van der Waals surface area contributed by atoms with Crippen LogP contribution in [-0.4, -0.2) is 41.6 Å². The van der Waals surface area contributed by atoms with Crippen LogP contribution in [-0.2, 0) is 0 Å². The van der Waals surface area contributed by atoms with Crippen LogP contribution in [0.25, 0.3) is 39.2 Å². The second-order valence-electron chi connectivity index (χ2n) is 8.85. The Labute approximate surface area is 191 Å². The molecule has 33 heavy (non-hydrogen) atoms. The maximum atomic E-state index is 5.71. The SMILES string of the molecule is COc1ccc(-n2cnc(C3CC3)c2)cc1-c1n[nH]c2ccc(-c3nncn3C(C)C)cc12. The Hall–Kier alpha value is -3.94. The van der Waals surface area contributed by atoms with Crippen molar-refractivity contribution in [3.8, 4) is 34.1 Å². The monoisotopic (exact) mass is 439 g/mol. The lowest BCUT2D eigenvalue weighted by molar-refractivity contribution is 0.416. The van der Waals surface area contributed by atoms with E-state index in [-0.39, 0.29) is 6.04 Å². The zero-order valence-corrected chi connectivity index (χ0v) is 18.9. The summed E-state index contributed by atoms with van der Waals surface area (Å²) in [5.74, 6) is 2.22. The van der Waals surface area contributed by atoms with E-state index in [0.29, 0.717) is 5.92 Å². The van der Waals surface area contributed by atoms with Crippen molar-refractivity contribution in [2.45, 2.75) is 38.6 Å². The molecule has 166 valence electrons. The smallest absolute Gasteiger partial charge is 0.164 e. The van der Waals surface area contributed by atoms with Crippen LogP contribution in [0, 0.1) is 0 Å². The highest BCUT2D eigenvalue weighted by molar-refractivity contribution is 5.96. The molecule has 0 radical (unpaired) electrons. The van der Waals surface area contributed by atoms with Gasteiger partial charge in [0.25, 0.3) is 0 Å². The molecule has 0 saturated heterocycles. The van der Waals surface area contributed by atoms with Gasteiger partial charge in [0.05, 0.1) is 24.6 Å². The van der Waals surface area contributed by atoms with Gasteiger partial charge in [-0.3, -0.25) is 5.10 Å². The Morgan fingerprint density at radius 1 is 1.09 bits per heavy atom. The van der Waals surface area contributed by atoms with Crippen molar-refractivity contribution in [1.82, 2.24) is 34.5 Å². The highest BCUT2D eigenvalue weighted by atomic mass is 16.5. The maximum Gasteiger partial charge on any atom is 0.164 e. The average molecular weight is 440 g/mol. The van der Waals surface area contributed by atoms with Crippen LogP contribution < -0.4 is 4.74 Å². The fourth-order valence-electron chi connectivity index (χ4n) is 4.30. The molecular weight excluding hydrogens is 414 g/mol. The van der Waals surface area contributed by atoms with Crippen LogP contribution in [0.5, 0.6) is 5.75 Å². The fourth-order valence-corrected chi connectivity index (χ4v) is 4.30. The van der Waals surface area contributed by atoms with Crippen molar-refractivity contribution < 1.29 is 4.74 Å². The first kappa shape index (κ1) is 19.7. The molecule has 2 aromatic carbocycles. The van der Waals surface area contributed by atoms with Crippen LogP contribution in [0.2, 0.25) is 0 Å². The van der Waals surface area contributed by atoms with E-state index in [2.05, 4.69) is 66.7 Å². The molecule has 1 aliphatic carbocycles. The van der Waals surface area contributed by atoms with Gasteiger partial charge in [-0.2, -0.15) is 5.10 Å². The van der Waals surface area contributed by atoms with E-state index >= 15 is 0 Å². The first-order valence-corrected chi connectivity index (χ1v) is 11.2. The highest BCUT2D eigenvalue weighted by Gasteiger charge is 2.26. The number of imidazole rings is 1. The summed E-state index contributed by atoms with van der Waals surface area (Å²) >= 11 is 0. The number of ether oxygens (including phenoxy) is 1. The number of aromatic amines is 1. The Balaban J connectivity index is 1.47. The fraction of sp³-hybridized carbons (Fsp3) is 0.280. The number of aromatic nitrogens is 7. The molecule has 0 bridgehead atoms. The molecule has 8 nitrogen and oxygen atoms in total. The van der Waals surface area contributed by atoms with E-state index in [1.807, 2.05) is 30.6 Å². The minimum Gasteiger partial charge on any atom is -0.496 e. The van der Waals surface area contributed by atoms with E-state index in [4.69, 9.17) is 4.74 Å². The number of rotatable bonds is 6. The first-order chi connectivity index (χ1) is 16.1. The third-order valence-corrected chi connectivity index (χ3v) is 6.28. The summed E-state index contributed by atoms with van der Waals surface area (Å²) in [5.41, 5.74) is 5.90. The summed E-state index contributed by atoms with van der Waals surface area (Å²) in [7, 11) is 1.69. The van der Waals surface area contributed by atoms with Gasteiger partial charge in [0, 0.05) is 40.4 Å². The third kappa shape index (κ3) is 3.38. The third-order valence-electron chi connectivity index (χ3n) is 6.28. The lowest BCUT2D eigenvalue weighted by atomic mass is 10.0. The van der Waals surface area contributed by atoms with Crippen molar-refractivity contribution in [3.05, 3.63) is 60.9 Å². The highest BCUT2D eigenvalue weighted by Crippen LogP contribution is 2.40. The predicted molar refractivity (Wildman–Crippen MR) is 127 cm³/mol. The second-order valence-corrected chi connectivity index (χ2v) is 8.85. The van der Waals surface area contributed by atoms with Gasteiger partial charge < -0.3 is 13.9 Å². The summed E-state index contributed by atoms with van der Waals surface area (Å²) in [5, 5.41) is 17.3. The maximum absolute atomic E-state index is 5.71. The average Bonchev–Trinajstić information content (AvgIpc) is 3.24. The Morgan fingerprint density at radius 3 is 2.76 bits per heavy atom. The van der Waals surface area contributed by atoms with Crippen LogP contribution in [0.4, 0.5) is 0 Å². The van der Waals surface area contributed by atoms with Crippen molar-refractivity contribution in [2.24, 2.45) is 0 Å². The van der Waals surface area contributed by atoms with Crippen molar-refractivity contribution in [1.29, 1.82) is 0 Å². The van der Waals surface area contributed by atoms with Gasteiger partial charge in [-0.15, -0.1) is 10.2 Å². The number of nitrogens with zero attached hydrogens (tertiary/aromatic N) is 6. The summed E-state index contributed by atoms with van der Waals surface area (Å²) in [6.45, 7) is 4.24. The Kier molecular flexibility index (Phi) is 4.53. The van der Waals surface area contributed by atoms with Gasteiger partial charge in [0.2, 0.25) is 0 Å². The molecule has 5 aromatic rings. The summed E-state index contributed by atoms with van der Waals surface area (Å²) in [4.78, 5) is 4.60. The molecule has 1 aliphatic rings. The largest absolute Gasteiger partial charge is 0.496 e. The topological polar surface area (TPSA) is 86.4 Å². The van der Waals surface area contributed by atoms with Gasteiger partial charge in [-0.1, -0.05) is 0 Å². The van der Waals surface area contributed by atoms with E-state index < -0.39 is 0 Å². The molecule has 3 aromatic heterocycles. The van der Waals surface area contributed by atoms with E-state index in [1.165, 1.54) is 12.8 Å². The Morgan fingerprint density at radius 2 is 1.97 bits per heavy atom. The molecule has 0 atom stereocenters. The van der Waals surface area contributed by atoms with Gasteiger partial charge in [0.1, 0.15) is 17.8 Å². The molecule has 0 unspecified atom stereocenters. The standard InChI is InChI=1S/C25H25N7O/c1-15(2)32-14-27-30-25(32)17-6-8-21-19(10-17)24(29-28-21)20-11-18(7-9-23(20)33-3)31-12-22(26-13-31)16-4-5-16/h6-16H,4-5H2,1-3H3,(H,28,29). The summed E-state index contributed by atoms with van der Waals surface area (Å²) < 4.78 is 9.85. The zero-order valence-electron chi connectivity index (χ0n) is 18.9. The number of methoxy groups -OCH3 is 1. The molecule has 1 fully saturated rings. The molecule has 1 N–H and O–H groups in total. The van der Waals surface area contributed by atoms with E-state index in [9.17, 15) is 0 Å². The van der Waals surface area contributed by atoms with Crippen LogP contribution in [0.1, 0.15) is 44.3 Å². The number of benzene rings is 2. The summed E-state index contributed by atoms with van der Waals surface area (Å²) in [6, 6.07) is 12.6. The molecule has 3 heterocycles. The minimum atomic E-state index is 0.266. The van der Waals surface area contributed by atoms with Crippen LogP contribution in [0.3, 0.4) is 0 Å². The molecule has 1 saturated carbocycles. The van der Waals surface area contributed by atoms with Crippen molar-refractivity contribution in [3.63, 3.8) is 0 Å². The van der Waals surface area contributed by atoms with Crippen LogP contribution >= 0.6 is 0 Å². The number of fused-ring (bicyclic) bond motifs is 1. The van der Waals surface area contributed by atoms with Crippen molar-refractivity contribution in [2.75, 3.05) is 7.11 Å². The van der Waals surface area contributed by atoms with E-state index in [0.717, 1.165) is 50.7 Å². The van der Waals surface area contributed by atoms with Gasteiger partial charge in [-0.25, -0.2) is 4.98 Å². The number of H-pyrrole nitrogens is 1. The Bertz CT molecular complexity index is 1450. The van der Waals surface area contributed by atoms with Crippen LogP contribution in [0.15, 0.2) is 55.2 Å². The molecule has 0 aliphatic heterocycles. The minimum absolute atomic E-state index is 0.266. The van der Waals surface area contributed by atoms with Crippen molar-refractivity contribution >= 4 is 10.9 Å². The molecule has 0 amide bonds. The summed E-state index contributed by atoms with van der Waals surface area (Å²) in [6.07, 6.45) is 8.25. The van der Waals surface area contributed by atoms with Gasteiger partial charge in [-0.05, 0) is 63.1 Å². The molecule has 0 spiro atoms. The second kappa shape index (κ2) is 7.58. The lowest BCUT2D eigenvalue weighted by Gasteiger charge is -2.11. The molecular formula is C25H25N7O. The normalized spacial score (nSPS) is 13.8. The zero-order chi connectivity index (χ0) is 22.5. The number of nitrogens with one attached hydrogen (secondary N) is 1. The van der Waals surface area contributed by atoms with E-state index in [1.54, 1.807) is 13.4 Å².